The lowest BCUT2D eigenvalue weighted by atomic mass is 10.1. The fourth-order valence-electron chi connectivity index (χ4n) is 2.26. The highest BCUT2D eigenvalue weighted by atomic mass is 32.1. The van der Waals surface area contributed by atoms with Gasteiger partial charge in [-0.25, -0.2) is 0 Å². The lowest BCUT2D eigenvalue weighted by Crippen LogP contribution is -2.13. The van der Waals surface area contributed by atoms with Crippen LogP contribution in [0, 0.1) is 6.92 Å². The van der Waals surface area contributed by atoms with E-state index in [1.54, 1.807) is 12.3 Å². The summed E-state index contributed by atoms with van der Waals surface area (Å²) in [7, 11) is 0. The van der Waals surface area contributed by atoms with Gasteiger partial charge in [-0.05, 0) is 48.9 Å². The quantitative estimate of drug-likeness (QED) is 0.699. The first-order valence-electron chi connectivity index (χ1n) is 6.60. The van der Waals surface area contributed by atoms with Gasteiger partial charge in [-0.1, -0.05) is 12.1 Å². The number of carbonyl (C=O) groups is 1. The second-order valence-corrected chi connectivity index (χ2v) is 5.35. The summed E-state index contributed by atoms with van der Waals surface area (Å²) in [6, 6.07) is 15.0. The number of rotatable bonds is 2. The summed E-state index contributed by atoms with van der Waals surface area (Å²) in [5.41, 5.74) is 3.16. The van der Waals surface area contributed by atoms with Gasteiger partial charge in [-0.15, -0.1) is 12.6 Å². The number of anilines is 1. The molecule has 1 amide bonds. The normalized spacial score (nSPS) is 10.6. The molecule has 21 heavy (non-hydrogen) atoms. The topological polar surface area (TPSA) is 42.0 Å². The van der Waals surface area contributed by atoms with Crippen LogP contribution in [-0.2, 0) is 0 Å². The number of nitrogens with one attached hydrogen (secondary N) is 1. The van der Waals surface area contributed by atoms with Crippen molar-refractivity contribution in [3.8, 4) is 0 Å². The number of aromatic nitrogens is 1. The van der Waals surface area contributed by atoms with Crippen molar-refractivity contribution < 1.29 is 4.79 Å². The molecule has 1 heterocycles. The van der Waals surface area contributed by atoms with E-state index in [-0.39, 0.29) is 5.91 Å². The molecular formula is C17H14N2OS. The van der Waals surface area contributed by atoms with Crippen LogP contribution in [-0.4, -0.2) is 10.9 Å². The number of aryl methyl sites for hydroxylation is 1. The summed E-state index contributed by atoms with van der Waals surface area (Å²) in [6.07, 6.45) is 1.74. The summed E-state index contributed by atoms with van der Waals surface area (Å²) < 4.78 is 0. The van der Waals surface area contributed by atoms with E-state index < -0.39 is 0 Å². The molecule has 1 N–H and O–H groups in total. The number of benzene rings is 2. The number of hydrogen-bond donors (Lipinski definition) is 2. The average molecular weight is 294 g/mol. The standard InChI is InChI=1S/C17H14N2OS/c1-11-7-8-12(21)10-14(11)17(20)19-16-6-2-5-15-13(16)4-3-9-18-15/h2-10,21H,1H3,(H,19,20). The molecule has 0 saturated heterocycles. The Balaban J connectivity index is 1.99. The van der Waals surface area contributed by atoms with E-state index in [2.05, 4.69) is 22.9 Å². The first-order chi connectivity index (χ1) is 10.1. The van der Waals surface area contributed by atoms with E-state index in [0.717, 1.165) is 27.0 Å². The predicted octanol–water partition coefficient (Wildman–Crippen LogP) is 4.08. The fraction of sp³-hybridized carbons (Fsp3) is 0.0588. The van der Waals surface area contributed by atoms with Crippen molar-refractivity contribution in [1.82, 2.24) is 4.98 Å². The van der Waals surface area contributed by atoms with Crippen LogP contribution in [0.3, 0.4) is 0 Å². The SMILES string of the molecule is Cc1ccc(S)cc1C(=O)Nc1cccc2ncccc12. The van der Waals surface area contributed by atoms with Crippen molar-refractivity contribution in [3.63, 3.8) is 0 Å². The van der Waals surface area contributed by atoms with Crippen LogP contribution >= 0.6 is 12.6 Å². The van der Waals surface area contributed by atoms with Gasteiger partial charge < -0.3 is 5.32 Å². The molecule has 0 aliphatic carbocycles. The minimum atomic E-state index is -0.139. The largest absolute Gasteiger partial charge is 0.321 e. The predicted molar refractivity (Wildman–Crippen MR) is 88.1 cm³/mol. The summed E-state index contributed by atoms with van der Waals surface area (Å²) in [6.45, 7) is 1.91. The Morgan fingerprint density at radius 2 is 2.00 bits per heavy atom. The van der Waals surface area contributed by atoms with Crippen molar-refractivity contribution in [2.45, 2.75) is 11.8 Å². The molecule has 0 saturated carbocycles. The lowest BCUT2D eigenvalue weighted by Gasteiger charge is -2.10. The zero-order valence-corrected chi connectivity index (χ0v) is 12.4. The molecule has 3 nitrogen and oxygen atoms in total. The molecule has 3 aromatic rings. The number of fused-ring (bicyclic) bond motifs is 1. The second-order valence-electron chi connectivity index (χ2n) is 4.83. The summed E-state index contributed by atoms with van der Waals surface area (Å²) in [5.74, 6) is -0.139. The number of pyridine rings is 1. The van der Waals surface area contributed by atoms with Gasteiger partial charge in [-0.3, -0.25) is 9.78 Å². The molecule has 0 radical (unpaired) electrons. The first-order valence-corrected chi connectivity index (χ1v) is 7.04. The van der Waals surface area contributed by atoms with Crippen molar-refractivity contribution in [3.05, 3.63) is 65.9 Å². The molecule has 0 unspecified atom stereocenters. The molecule has 3 rings (SSSR count). The minimum Gasteiger partial charge on any atom is -0.321 e. The molecule has 104 valence electrons. The van der Waals surface area contributed by atoms with E-state index >= 15 is 0 Å². The molecule has 2 aromatic carbocycles. The van der Waals surface area contributed by atoms with Gasteiger partial charge in [0.05, 0.1) is 11.2 Å². The van der Waals surface area contributed by atoms with Gasteiger partial charge in [0, 0.05) is 22.0 Å². The molecule has 0 aliphatic rings. The second kappa shape index (κ2) is 5.58. The maximum Gasteiger partial charge on any atom is 0.255 e. The molecule has 0 spiro atoms. The number of thiol groups is 1. The van der Waals surface area contributed by atoms with Crippen molar-refractivity contribution in [2.24, 2.45) is 0 Å². The monoisotopic (exact) mass is 294 g/mol. The first kappa shape index (κ1) is 13.6. The van der Waals surface area contributed by atoms with Crippen LogP contribution in [0.5, 0.6) is 0 Å². The van der Waals surface area contributed by atoms with Crippen LogP contribution in [0.2, 0.25) is 0 Å². The van der Waals surface area contributed by atoms with Gasteiger partial charge in [0.2, 0.25) is 0 Å². The molecule has 1 aromatic heterocycles. The van der Waals surface area contributed by atoms with E-state index in [4.69, 9.17) is 0 Å². The van der Waals surface area contributed by atoms with Crippen LogP contribution < -0.4 is 5.32 Å². The maximum absolute atomic E-state index is 12.5. The maximum atomic E-state index is 12.5. The van der Waals surface area contributed by atoms with Crippen LogP contribution in [0.1, 0.15) is 15.9 Å². The molecule has 0 fully saturated rings. The molecule has 0 atom stereocenters. The molecule has 0 bridgehead atoms. The average Bonchev–Trinajstić information content (AvgIpc) is 2.50. The Labute approximate surface area is 128 Å². The van der Waals surface area contributed by atoms with Gasteiger partial charge >= 0.3 is 0 Å². The smallest absolute Gasteiger partial charge is 0.255 e. The van der Waals surface area contributed by atoms with Gasteiger partial charge in [-0.2, -0.15) is 0 Å². The Hall–Kier alpha value is -2.33. The van der Waals surface area contributed by atoms with E-state index in [9.17, 15) is 4.79 Å². The Morgan fingerprint density at radius 3 is 2.86 bits per heavy atom. The van der Waals surface area contributed by atoms with Crippen LogP contribution in [0.4, 0.5) is 5.69 Å². The molecular weight excluding hydrogens is 280 g/mol. The highest BCUT2D eigenvalue weighted by Crippen LogP contribution is 2.23. The van der Waals surface area contributed by atoms with E-state index in [0.29, 0.717) is 5.56 Å². The van der Waals surface area contributed by atoms with E-state index in [1.807, 2.05) is 49.4 Å². The summed E-state index contributed by atoms with van der Waals surface area (Å²) in [4.78, 5) is 17.5. The van der Waals surface area contributed by atoms with Gasteiger partial charge in [0.1, 0.15) is 0 Å². The van der Waals surface area contributed by atoms with Gasteiger partial charge in [0.25, 0.3) is 5.91 Å². The third-order valence-electron chi connectivity index (χ3n) is 3.36. The Bertz CT molecular complexity index is 825. The lowest BCUT2D eigenvalue weighted by molar-refractivity contribution is 0.102. The van der Waals surface area contributed by atoms with Crippen molar-refractivity contribution in [2.75, 3.05) is 5.32 Å². The fourth-order valence-corrected chi connectivity index (χ4v) is 2.46. The van der Waals surface area contributed by atoms with Crippen molar-refractivity contribution in [1.29, 1.82) is 0 Å². The zero-order chi connectivity index (χ0) is 14.8. The Kier molecular flexibility index (Phi) is 3.62. The number of hydrogen-bond acceptors (Lipinski definition) is 3. The number of carbonyl (C=O) groups excluding carboxylic acids is 1. The third kappa shape index (κ3) is 2.76. The van der Waals surface area contributed by atoms with E-state index in [1.165, 1.54) is 0 Å². The third-order valence-corrected chi connectivity index (χ3v) is 3.64. The van der Waals surface area contributed by atoms with Crippen molar-refractivity contribution >= 4 is 35.1 Å². The molecule has 0 aliphatic heterocycles. The summed E-state index contributed by atoms with van der Waals surface area (Å²) >= 11 is 4.29. The molecule has 4 heteroatoms. The summed E-state index contributed by atoms with van der Waals surface area (Å²) in [5, 5.41) is 3.88. The number of nitrogens with zero attached hydrogens (tertiary/aromatic N) is 1. The highest BCUT2D eigenvalue weighted by Gasteiger charge is 2.11. The van der Waals surface area contributed by atoms with Crippen LogP contribution in [0.25, 0.3) is 10.9 Å². The Morgan fingerprint density at radius 1 is 1.14 bits per heavy atom. The number of amides is 1. The zero-order valence-electron chi connectivity index (χ0n) is 11.5. The highest BCUT2D eigenvalue weighted by molar-refractivity contribution is 7.80. The van der Waals surface area contributed by atoms with Crippen LogP contribution in [0.15, 0.2) is 59.6 Å². The van der Waals surface area contributed by atoms with Gasteiger partial charge in [0.15, 0.2) is 0 Å². The minimum absolute atomic E-state index is 0.139.